The Bertz CT molecular complexity index is 738. The molecule has 6 nitrogen and oxygen atoms in total. The van der Waals surface area contributed by atoms with E-state index < -0.39 is 0 Å². The van der Waals surface area contributed by atoms with Crippen LogP contribution in [0.2, 0.25) is 0 Å². The summed E-state index contributed by atoms with van der Waals surface area (Å²) >= 11 is 0. The summed E-state index contributed by atoms with van der Waals surface area (Å²) in [5, 5.41) is 4.20. The summed E-state index contributed by atoms with van der Waals surface area (Å²) in [7, 11) is 3.38. The smallest absolute Gasteiger partial charge is 0.250 e. The largest absolute Gasteiger partial charge is 0.489 e. The lowest BCUT2D eigenvalue weighted by Crippen LogP contribution is -2.30. The van der Waals surface area contributed by atoms with Gasteiger partial charge in [-0.05, 0) is 11.6 Å². The molecule has 2 N–H and O–H groups in total. The maximum Gasteiger partial charge on any atom is 0.250 e. The number of H-pyrrole nitrogens is 1. The fourth-order valence-corrected chi connectivity index (χ4v) is 2.79. The van der Waals surface area contributed by atoms with Crippen molar-refractivity contribution in [3.8, 4) is 5.75 Å². The molecule has 0 aliphatic carbocycles. The number of methoxy groups -OCH3 is 1. The Morgan fingerprint density at radius 2 is 2.17 bits per heavy atom. The van der Waals surface area contributed by atoms with Gasteiger partial charge in [-0.25, -0.2) is 0 Å². The van der Waals surface area contributed by atoms with Gasteiger partial charge in [-0.1, -0.05) is 18.7 Å². The first kappa shape index (κ1) is 15.4. The highest BCUT2D eigenvalue weighted by Gasteiger charge is 2.31. The number of para-hydroxylation sites is 1. The minimum atomic E-state index is -0.274. The summed E-state index contributed by atoms with van der Waals surface area (Å²) in [6.07, 6.45) is 2.54. The molecule has 1 saturated heterocycles. The lowest BCUT2D eigenvalue weighted by molar-refractivity contribution is -0.127. The zero-order chi connectivity index (χ0) is 16.4. The monoisotopic (exact) mass is 315 g/mol. The molecule has 2 aromatic rings. The number of aromatic nitrogens is 1. The van der Waals surface area contributed by atoms with Crippen LogP contribution in [0.15, 0.2) is 36.8 Å². The molecule has 0 saturated carbocycles. The molecule has 1 aliphatic rings. The Kier molecular flexibility index (Phi) is 4.25. The second-order valence-corrected chi connectivity index (χ2v) is 5.58. The van der Waals surface area contributed by atoms with Crippen LogP contribution in [0.5, 0.6) is 5.75 Å². The van der Waals surface area contributed by atoms with Crippen molar-refractivity contribution in [2.75, 3.05) is 27.4 Å². The van der Waals surface area contributed by atoms with Crippen molar-refractivity contribution in [3.05, 3.63) is 42.4 Å². The van der Waals surface area contributed by atoms with Crippen LogP contribution in [-0.4, -0.2) is 49.2 Å². The third kappa shape index (κ3) is 2.90. The normalized spacial score (nSPS) is 17.8. The minimum absolute atomic E-state index is 0.0387. The molecule has 3 rings (SSSR count). The molecule has 1 aromatic heterocycles. The van der Waals surface area contributed by atoms with E-state index in [0.29, 0.717) is 25.5 Å². The first-order valence-corrected chi connectivity index (χ1v) is 7.55. The number of fused-ring (bicyclic) bond motifs is 1. The number of carbonyl (C=O) groups is 1. The number of nitrogens with one attached hydrogen (secondary N) is 2. The molecule has 23 heavy (non-hydrogen) atoms. The molecule has 0 radical (unpaired) electrons. The Labute approximate surface area is 135 Å². The lowest BCUT2D eigenvalue weighted by Gasteiger charge is -2.09. The zero-order valence-corrected chi connectivity index (χ0v) is 13.4. The van der Waals surface area contributed by atoms with Crippen LogP contribution in [0.1, 0.15) is 5.56 Å². The van der Waals surface area contributed by atoms with Gasteiger partial charge in [-0.15, -0.1) is 0 Å². The second-order valence-electron chi connectivity index (χ2n) is 5.58. The molecule has 0 spiro atoms. The summed E-state index contributed by atoms with van der Waals surface area (Å²) in [6.45, 7) is 4.88. The average molecular weight is 315 g/mol. The van der Waals surface area contributed by atoms with Crippen molar-refractivity contribution in [2.45, 2.75) is 12.5 Å². The number of hydrogen-bond acceptors (Lipinski definition) is 4. The van der Waals surface area contributed by atoms with E-state index in [2.05, 4.69) is 16.9 Å². The highest BCUT2D eigenvalue weighted by atomic mass is 16.5. The molecule has 2 heterocycles. The predicted molar refractivity (Wildman–Crippen MR) is 88.2 cm³/mol. The highest BCUT2D eigenvalue weighted by Crippen LogP contribution is 2.28. The SMILES string of the molecule is C=C1NC(Cc2c[nH]c3c(OCCOC)cccc23)C(=O)N1C. The first-order chi connectivity index (χ1) is 11.1. The van der Waals surface area contributed by atoms with Crippen LogP contribution in [-0.2, 0) is 16.0 Å². The van der Waals surface area contributed by atoms with Gasteiger partial charge in [0.15, 0.2) is 0 Å². The topological polar surface area (TPSA) is 66.6 Å². The van der Waals surface area contributed by atoms with Gasteiger partial charge >= 0.3 is 0 Å². The van der Waals surface area contributed by atoms with Crippen LogP contribution in [0.4, 0.5) is 0 Å². The van der Waals surface area contributed by atoms with E-state index in [-0.39, 0.29) is 11.9 Å². The van der Waals surface area contributed by atoms with Crippen LogP contribution in [0.3, 0.4) is 0 Å². The number of nitrogens with zero attached hydrogens (tertiary/aromatic N) is 1. The van der Waals surface area contributed by atoms with Gasteiger partial charge in [0.25, 0.3) is 5.91 Å². The molecule has 1 unspecified atom stereocenters. The number of likely N-dealkylation sites (N-methyl/N-ethyl adjacent to an activating group) is 1. The quantitative estimate of drug-likeness (QED) is 0.795. The van der Waals surface area contributed by atoms with Gasteiger partial charge in [-0.3, -0.25) is 4.79 Å². The van der Waals surface area contributed by atoms with Gasteiger partial charge < -0.3 is 24.7 Å². The number of ether oxygens (including phenoxy) is 2. The molecule has 0 bridgehead atoms. The molecule has 6 heteroatoms. The summed E-state index contributed by atoms with van der Waals surface area (Å²) in [6, 6.07) is 5.64. The molecule has 1 atom stereocenters. The average Bonchev–Trinajstić information content (AvgIpc) is 3.06. The summed E-state index contributed by atoms with van der Waals surface area (Å²) < 4.78 is 10.7. The molecule has 1 fully saturated rings. The van der Waals surface area contributed by atoms with Crippen molar-refractivity contribution in [1.29, 1.82) is 0 Å². The zero-order valence-electron chi connectivity index (χ0n) is 13.4. The van der Waals surface area contributed by atoms with Gasteiger partial charge in [0.2, 0.25) is 0 Å². The predicted octanol–water partition coefficient (Wildman–Crippen LogP) is 1.64. The van der Waals surface area contributed by atoms with Gasteiger partial charge in [0, 0.05) is 32.2 Å². The third-order valence-corrected chi connectivity index (χ3v) is 4.11. The molecular weight excluding hydrogens is 294 g/mol. The van der Waals surface area contributed by atoms with Crippen LogP contribution < -0.4 is 10.1 Å². The fourth-order valence-electron chi connectivity index (χ4n) is 2.79. The van der Waals surface area contributed by atoms with Crippen molar-refractivity contribution in [3.63, 3.8) is 0 Å². The number of rotatable bonds is 6. The Balaban J connectivity index is 1.81. The van der Waals surface area contributed by atoms with Gasteiger partial charge in [0.1, 0.15) is 24.2 Å². The van der Waals surface area contributed by atoms with E-state index in [1.807, 2.05) is 24.4 Å². The third-order valence-electron chi connectivity index (χ3n) is 4.11. The van der Waals surface area contributed by atoms with Crippen LogP contribution in [0, 0.1) is 0 Å². The minimum Gasteiger partial charge on any atom is -0.489 e. The van der Waals surface area contributed by atoms with Crippen LogP contribution in [0.25, 0.3) is 10.9 Å². The molecule has 122 valence electrons. The van der Waals surface area contributed by atoms with E-state index >= 15 is 0 Å². The second kappa shape index (κ2) is 6.34. The van der Waals surface area contributed by atoms with E-state index in [1.165, 1.54) is 0 Å². The fraction of sp³-hybridized carbons (Fsp3) is 0.353. The van der Waals surface area contributed by atoms with E-state index in [4.69, 9.17) is 9.47 Å². The Hall–Kier alpha value is -2.47. The van der Waals surface area contributed by atoms with Crippen molar-refractivity contribution in [2.24, 2.45) is 0 Å². The van der Waals surface area contributed by atoms with Crippen molar-refractivity contribution in [1.82, 2.24) is 15.2 Å². The number of benzene rings is 1. The maximum absolute atomic E-state index is 12.2. The number of amides is 1. The standard InChI is InChI=1S/C17H21N3O3/c1-11-19-14(17(21)20(11)2)9-12-10-18-16-13(12)5-4-6-15(16)23-8-7-22-3/h4-6,10,14,18-19H,1,7-9H2,2-3H3. The van der Waals surface area contributed by atoms with E-state index in [9.17, 15) is 4.79 Å². The number of aromatic amines is 1. The summed E-state index contributed by atoms with van der Waals surface area (Å²) in [4.78, 5) is 17.0. The number of carbonyl (C=O) groups excluding carboxylic acids is 1. The molecule has 1 aromatic carbocycles. The van der Waals surface area contributed by atoms with Crippen molar-refractivity contribution < 1.29 is 14.3 Å². The van der Waals surface area contributed by atoms with Gasteiger partial charge in [-0.2, -0.15) is 0 Å². The molecule has 1 amide bonds. The molecular formula is C17H21N3O3. The maximum atomic E-state index is 12.2. The van der Waals surface area contributed by atoms with Crippen molar-refractivity contribution >= 4 is 16.8 Å². The summed E-state index contributed by atoms with van der Waals surface area (Å²) in [5.74, 6) is 1.47. The van der Waals surface area contributed by atoms with Gasteiger partial charge in [0.05, 0.1) is 12.1 Å². The Morgan fingerprint density at radius 3 is 2.87 bits per heavy atom. The van der Waals surface area contributed by atoms with E-state index in [1.54, 1.807) is 19.1 Å². The first-order valence-electron chi connectivity index (χ1n) is 7.55. The highest BCUT2D eigenvalue weighted by molar-refractivity contribution is 5.90. The lowest BCUT2D eigenvalue weighted by atomic mass is 10.0. The Morgan fingerprint density at radius 1 is 1.35 bits per heavy atom. The summed E-state index contributed by atoms with van der Waals surface area (Å²) in [5.41, 5.74) is 2.02. The van der Waals surface area contributed by atoms with Crippen LogP contribution >= 0.6 is 0 Å². The number of hydrogen-bond donors (Lipinski definition) is 2. The molecule has 1 aliphatic heterocycles. The van der Waals surface area contributed by atoms with E-state index in [0.717, 1.165) is 22.2 Å².